The van der Waals surface area contributed by atoms with Crippen LogP contribution in [-0.4, -0.2) is 76.0 Å². The Morgan fingerprint density at radius 3 is 2.74 bits per heavy atom. The highest BCUT2D eigenvalue weighted by molar-refractivity contribution is 7.91. The number of rotatable bonds is 7. The molecule has 39 heavy (non-hydrogen) atoms. The molecule has 6 rings (SSSR count). The number of nitrogens with zero attached hydrogens (tertiary/aromatic N) is 6. The maximum atomic E-state index is 13.5. The zero-order valence-electron chi connectivity index (χ0n) is 21.2. The Hall–Kier alpha value is -3.23. The van der Waals surface area contributed by atoms with Crippen LogP contribution in [0.2, 0.25) is 0 Å². The van der Waals surface area contributed by atoms with Crippen LogP contribution in [-0.2, 0) is 14.8 Å². The number of thiazole rings is 1. The molecule has 4 aromatic rings. The number of piperazine rings is 1. The Balaban J connectivity index is 1.17. The van der Waals surface area contributed by atoms with Crippen molar-refractivity contribution in [3.8, 4) is 0 Å². The maximum absolute atomic E-state index is 13.5. The maximum Gasteiger partial charge on any atom is 0.254 e. The minimum Gasteiger partial charge on any atom is -0.378 e. The second-order valence-corrected chi connectivity index (χ2v) is 12.8. The molecule has 2 saturated heterocycles. The van der Waals surface area contributed by atoms with Gasteiger partial charge >= 0.3 is 0 Å². The molecule has 0 aliphatic carbocycles. The number of ether oxygens (including phenoxy) is 1. The van der Waals surface area contributed by atoms with E-state index < -0.39 is 10.0 Å². The summed E-state index contributed by atoms with van der Waals surface area (Å²) in [5, 5.41) is 3.52. The Morgan fingerprint density at radius 2 is 1.95 bits per heavy atom. The van der Waals surface area contributed by atoms with Crippen molar-refractivity contribution in [2.24, 2.45) is 0 Å². The van der Waals surface area contributed by atoms with Crippen molar-refractivity contribution < 1.29 is 17.5 Å². The molecule has 1 N–H and O–H groups in total. The van der Waals surface area contributed by atoms with Gasteiger partial charge in [0.25, 0.3) is 10.0 Å². The summed E-state index contributed by atoms with van der Waals surface area (Å²) in [4.78, 5) is 15.2. The summed E-state index contributed by atoms with van der Waals surface area (Å²) in [6, 6.07) is 11.7. The van der Waals surface area contributed by atoms with Crippen molar-refractivity contribution in [1.29, 1.82) is 0 Å². The van der Waals surface area contributed by atoms with Crippen molar-refractivity contribution in [2.45, 2.75) is 29.3 Å². The molecule has 1 aromatic carbocycles. The summed E-state index contributed by atoms with van der Waals surface area (Å²) in [6.07, 6.45) is 6.68. The second kappa shape index (κ2) is 10.7. The Bertz CT molecular complexity index is 1530. The molecule has 0 radical (unpaired) electrons. The molecule has 10 nitrogen and oxygen atoms in total. The summed E-state index contributed by atoms with van der Waals surface area (Å²) in [7, 11) is -3.72. The number of pyridine rings is 1. The lowest BCUT2D eigenvalue weighted by atomic mass is 10.0. The van der Waals surface area contributed by atoms with Crippen LogP contribution in [0.1, 0.15) is 30.3 Å². The molecular formula is C26H28FN7O3S2. The minimum absolute atomic E-state index is 0.0506. The minimum atomic E-state index is -3.72. The van der Waals surface area contributed by atoms with Gasteiger partial charge in [0.1, 0.15) is 11.6 Å². The fourth-order valence-corrected chi connectivity index (χ4v) is 7.85. The van der Waals surface area contributed by atoms with E-state index in [9.17, 15) is 12.8 Å². The van der Waals surface area contributed by atoms with Crippen LogP contribution >= 0.6 is 11.3 Å². The van der Waals surface area contributed by atoms with Gasteiger partial charge in [-0.3, -0.25) is 4.90 Å². The first-order valence-corrected chi connectivity index (χ1v) is 14.9. The molecule has 3 unspecified atom stereocenters. The van der Waals surface area contributed by atoms with E-state index in [1.54, 1.807) is 30.7 Å². The number of morpholine rings is 1. The third kappa shape index (κ3) is 5.20. The van der Waals surface area contributed by atoms with Crippen molar-refractivity contribution in [3.05, 3.63) is 84.5 Å². The SMILES string of the molecule is CC(c1ccc(F)cc1)n1cncc1C1COCC2CN(S(=O)(=O)c3cnc(Nc4ccccn4)s3)CCN21. The molecule has 2 aliphatic heterocycles. The van der Waals surface area contributed by atoms with Crippen LogP contribution in [0, 0.1) is 5.82 Å². The molecule has 13 heteroatoms. The van der Waals surface area contributed by atoms with E-state index >= 15 is 0 Å². The quantitative estimate of drug-likeness (QED) is 0.360. The largest absolute Gasteiger partial charge is 0.378 e. The van der Waals surface area contributed by atoms with Crippen LogP contribution in [0.3, 0.4) is 0 Å². The van der Waals surface area contributed by atoms with Gasteiger partial charge in [-0.2, -0.15) is 4.31 Å². The van der Waals surface area contributed by atoms with Gasteiger partial charge in [-0.15, -0.1) is 0 Å². The van der Waals surface area contributed by atoms with E-state index in [1.807, 2.05) is 18.3 Å². The highest BCUT2D eigenvalue weighted by atomic mass is 32.2. The highest BCUT2D eigenvalue weighted by Gasteiger charge is 2.41. The van der Waals surface area contributed by atoms with Crippen LogP contribution < -0.4 is 5.32 Å². The lowest BCUT2D eigenvalue weighted by Gasteiger charge is -2.47. The molecule has 0 bridgehead atoms. The normalized spacial score (nSPS) is 21.4. The first-order valence-electron chi connectivity index (χ1n) is 12.6. The molecule has 0 amide bonds. The Labute approximate surface area is 230 Å². The van der Waals surface area contributed by atoms with Crippen LogP contribution in [0.4, 0.5) is 15.3 Å². The number of hydrogen-bond donors (Lipinski definition) is 1. The number of sulfonamides is 1. The van der Waals surface area contributed by atoms with E-state index in [4.69, 9.17) is 4.74 Å². The van der Waals surface area contributed by atoms with E-state index in [0.29, 0.717) is 43.8 Å². The average molecular weight is 570 g/mol. The Morgan fingerprint density at radius 1 is 1.10 bits per heavy atom. The fraction of sp³-hybridized carbons (Fsp3) is 0.346. The second-order valence-electron chi connectivity index (χ2n) is 9.59. The van der Waals surface area contributed by atoms with Crippen molar-refractivity contribution in [1.82, 2.24) is 28.7 Å². The number of aromatic nitrogens is 4. The van der Waals surface area contributed by atoms with E-state index in [0.717, 1.165) is 22.6 Å². The fourth-order valence-electron chi connectivity index (χ4n) is 5.19. The van der Waals surface area contributed by atoms with Gasteiger partial charge in [-0.25, -0.2) is 27.8 Å². The zero-order valence-corrected chi connectivity index (χ0v) is 22.9. The number of imidazole rings is 1. The van der Waals surface area contributed by atoms with E-state index in [2.05, 4.69) is 36.7 Å². The van der Waals surface area contributed by atoms with Crippen molar-refractivity contribution in [3.63, 3.8) is 0 Å². The number of benzene rings is 1. The molecule has 2 aliphatic rings. The zero-order chi connectivity index (χ0) is 27.0. The van der Waals surface area contributed by atoms with E-state index in [1.165, 1.54) is 22.6 Å². The molecule has 0 saturated carbocycles. The van der Waals surface area contributed by atoms with Crippen LogP contribution in [0.15, 0.2) is 71.6 Å². The monoisotopic (exact) mass is 569 g/mol. The van der Waals surface area contributed by atoms with Gasteiger partial charge in [-0.05, 0) is 36.8 Å². The molecule has 0 spiro atoms. The van der Waals surface area contributed by atoms with Gasteiger partial charge in [0.2, 0.25) is 0 Å². The van der Waals surface area contributed by atoms with Gasteiger partial charge in [-0.1, -0.05) is 29.5 Å². The van der Waals surface area contributed by atoms with Gasteiger partial charge < -0.3 is 14.6 Å². The molecule has 204 valence electrons. The van der Waals surface area contributed by atoms with Gasteiger partial charge in [0.05, 0.1) is 43.5 Å². The van der Waals surface area contributed by atoms with Gasteiger partial charge in [0, 0.05) is 38.1 Å². The Kier molecular flexibility index (Phi) is 7.16. The van der Waals surface area contributed by atoms with Crippen LogP contribution in [0.25, 0.3) is 0 Å². The molecule has 2 fully saturated rings. The smallest absolute Gasteiger partial charge is 0.254 e. The topological polar surface area (TPSA) is 105 Å². The van der Waals surface area contributed by atoms with Crippen LogP contribution in [0.5, 0.6) is 0 Å². The summed E-state index contributed by atoms with van der Waals surface area (Å²) < 4.78 is 50.3. The summed E-state index contributed by atoms with van der Waals surface area (Å²) in [5.74, 6) is 0.329. The molecule has 3 aromatic heterocycles. The lowest BCUT2D eigenvalue weighted by Crippen LogP contribution is -2.60. The van der Waals surface area contributed by atoms with Gasteiger partial charge in [0.15, 0.2) is 9.34 Å². The number of halogens is 1. The lowest BCUT2D eigenvalue weighted by molar-refractivity contribution is -0.0731. The summed E-state index contributed by atoms with van der Waals surface area (Å²) >= 11 is 1.09. The predicted molar refractivity (Wildman–Crippen MR) is 145 cm³/mol. The first-order chi connectivity index (χ1) is 18.9. The third-order valence-corrected chi connectivity index (χ3v) is 10.5. The van der Waals surface area contributed by atoms with E-state index in [-0.39, 0.29) is 28.2 Å². The summed E-state index contributed by atoms with van der Waals surface area (Å²) in [5.41, 5.74) is 1.96. The number of hydrogen-bond acceptors (Lipinski definition) is 9. The summed E-state index contributed by atoms with van der Waals surface area (Å²) in [6.45, 7) is 4.23. The number of nitrogens with one attached hydrogen (secondary N) is 1. The average Bonchev–Trinajstić information content (AvgIpc) is 3.64. The van der Waals surface area contributed by atoms with Crippen molar-refractivity contribution in [2.75, 3.05) is 38.2 Å². The number of anilines is 2. The highest BCUT2D eigenvalue weighted by Crippen LogP contribution is 2.34. The molecular weight excluding hydrogens is 541 g/mol. The predicted octanol–water partition coefficient (Wildman–Crippen LogP) is 3.67. The molecule has 3 atom stereocenters. The van der Waals surface area contributed by atoms with Crippen molar-refractivity contribution >= 4 is 32.3 Å². The number of fused-ring (bicyclic) bond motifs is 1. The first kappa shape index (κ1) is 26.0. The standard InChI is InChI=1S/C26H28FN7O3S2/c1-18(19-5-7-20(27)8-6-19)34-17-28-12-22(34)23-16-37-15-21-14-32(10-11-33(21)23)39(35,36)25-13-30-26(38-25)31-24-4-2-3-9-29-24/h2-9,12-13,17-18,21,23H,10-11,14-16H2,1H3,(H,29,30,31). The molecule has 5 heterocycles. The third-order valence-electron chi connectivity index (χ3n) is 7.26.